The number of benzene rings is 1. The van der Waals surface area contributed by atoms with Crippen LogP contribution in [0.5, 0.6) is 0 Å². The molecule has 1 aliphatic rings. The summed E-state index contributed by atoms with van der Waals surface area (Å²) in [4.78, 5) is 25.9. The van der Waals surface area contributed by atoms with Crippen LogP contribution in [-0.2, 0) is 15.0 Å². The molecule has 0 unspecified atom stereocenters. The minimum Gasteiger partial charge on any atom is -0.369 e. The van der Waals surface area contributed by atoms with E-state index < -0.39 is 5.41 Å². The lowest BCUT2D eigenvalue weighted by Gasteiger charge is -2.36. The van der Waals surface area contributed by atoms with Crippen molar-refractivity contribution in [2.75, 3.05) is 13.1 Å². The molecular weight excluding hydrogens is 264 g/mol. The zero-order valence-electron chi connectivity index (χ0n) is 13.1. The molecule has 1 fully saturated rings. The van der Waals surface area contributed by atoms with Crippen molar-refractivity contribution in [1.82, 2.24) is 4.90 Å². The highest BCUT2D eigenvalue weighted by atomic mass is 16.2. The lowest BCUT2D eigenvalue weighted by Crippen LogP contribution is -2.48. The molecule has 1 aromatic carbocycles. The smallest absolute Gasteiger partial charge is 0.232 e. The summed E-state index contributed by atoms with van der Waals surface area (Å²) in [5, 5.41) is 0. The number of hydrogen-bond acceptors (Lipinski definition) is 2. The van der Waals surface area contributed by atoms with Gasteiger partial charge in [0.25, 0.3) is 0 Å². The zero-order valence-corrected chi connectivity index (χ0v) is 13.1. The van der Waals surface area contributed by atoms with Gasteiger partial charge >= 0.3 is 0 Å². The summed E-state index contributed by atoms with van der Waals surface area (Å²) in [7, 11) is 0. The highest BCUT2D eigenvalue weighted by Gasteiger charge is 2.36. The molecule has 0 radical (unpaired) electrons. The van der Waals surface area contributed by atoms with Gasteiger partial charge < -0.3 is 10.6 Å². The second kappa shape index (κ2) is 5.88. The number of piperidine rings is 1. The fourth-order valence-corrected chi connectivity index (χ4v) is 2.86. The molecule has 1 saturated heterocycles. The number of carbonyl (C=O) groups is 2. The molecule has 2 N–H and O–H groups in total. The van der Waals surface area contributed by atoms with Gasteiger partial charge in [-0.1, -0.05) is 29.8 Å². The molecule has 114 valence electrons. The molecule has 4 nitrogen and oxygen atoms in total. The Morgan fingerprint density at radius 1 is 1.14 bits per heavy atom. The first-order chi connectivity index (χ1) is 9.82. The molecule has 0 atom stereocenters. The second-order valence-corrected chi connectivity index (χ2v) is 6.46. The Bertz CT molecular complexity index is 526. The predicted octanol–water partition coefficient (Wildman–Crippen LogP) is 2.00. The molecule has 0 aromatic heterocycles. The zero-order chi connectivity index (χ0) is 15.6. The Hall–Kier alpha value is -1.84. The first-order valence-electron chi connectivity index (χ1n) is 7.48. The average molecular weight is 288 g/mol. The van der Waals surface area contributed by atoms with Crippen LogP contribution in [0.25, 0.3) is 0 Å². The third kappa shape index (κ3) is 3.26. The predicted molar refractivity (Wildman–Crippen MR) is 82.7 cm³/mol. The van der Waals surface area contributed by atoms with Crippen LogP contribution >= 0.6 is 0 Å². The number of primary amides is 1. The van der Waals surface area contributed by atoms with E-state index >= 15 is 0 Å². The van der Waals surface area contributed by atoms with Gasteiger partial charge in [-0.25, -0.2) is 0 Å². The van der Waals surface area contributed by atoms with Crippen molar-refractivity contribution in [3.8, 4) is 0 Å². The van der Waals surface area contributed by atoms with Crippen LogP contribution in [-0.4, -0.2) is 29.8 Å². The largest absolute Gasteiger partial charge is 0.369 e. The Morgan fingerprint density at radius 3 is 2.14 bits per heavy atom. The van der Waals surface area contributed by atoms with E-state index in [1.54, 1.807) is 0 Å². The molecule has 0 aliphatic carbocycles. The Kier molecular flexibility index (Phi) is 4.35. The maximum Gasteiger partial charge on any atom is 0.232 e. The first kappa shape index (κ1) is 15.5. The topological polar surface area (TPSA) is 63.4 Å². The van der Waals surface area contributed by atoms with Crippen molar-refractivity contribution >= 4 is 11.8 Å². The molecule has 1 heterocycles. The lowest BCUT2D eigenvalue weighted by atomic mass is 9.82. The summed E-state index contributed by atoms with van der Waals surface area (Å²) >= 11 is 0. The monoisotopic (exact) mass is 288 g/mol. The fourth-order valence-electron chi connectivity index (χ4n) is 2.86. The normalized spacial score (nSPS) is 16.8. The van der Waals surface area contributed by atoms with Gasteiger partial charge in [0.15, 0.2) is 0 Å². The number of nitrogens with two attached hydrogens (primary N) is 1. The quantitative estimate of drug-likeness (QED) is 0.924. The molecule has 1 aromatic rings. The molecule has 0 bridgehead atoms. The second-order valence-electron chi connectivity index (χ2n) is 6.46. The van der Waals surface area contributed by atoms with Crippen LogP contribution < -0.4 is 5.73 Å². The van der Waals surface area contributed by atoms with Gasteiger partial charge in [0.1, 0.15) is 0 Å². The van der Waals surface area contributed by atoms with Gasteiger partial charge in [-0.15, -0.1) is 0 Å². The van der Waals surface area contributed by atoms with Gasteiger partial charge in [0.05, 0.1) is 5.41 Å². The number of nitrogens with zero attached hydrogens (tertiary/aromatic N) is 1. The van der Waals surface area contributed by atoms with Crippen molar-refractivity contribution in [3.05, 3.63) is 35.4 Å². The van der Waals surface area contributed by atoms with Crippen LogP contribution in [0, 0.1) is 12.8 Å². The van der Waals surface area contributed by atoms with Gasteiger partial charge in [0.2, 0.25) is 11.8 Å². The number of aryl methyl sites for hydroxylation is 1. The van der Waals surface area contributed by atoms with Gasteiger partial charge in [-0.05, 0) is 39.2 Å². The molecule has 4 heteroatoms. The van der Waals surface area contributed by atoms with E-state index in [0.717, 1.165) is 5.56 Å². The van der Waals surface area contributed by atoms with Crippen molar-refractivity contribution in [1.29, 1.82) is 0 Å². The van der Waals surface area contributed by atoms with Crippen molar-refractivity contribution in [2.24, 2.45) is 11.7 Å². The summed E-state index contributed by atoms with van der Waals surface area (Å²) in [6.07, 6.45) is 1.34. The van der Waals surface area contributed by atoms with Gasteiger partial charge in [-0.2, -0.15) is 0 Å². The van der Waals surface area contributed by atoms with Crippen LogP contribution in [0.3, 0.4) is 0 Å². The Morgan fingerprint density at radius 2 is 1.67 bits per heavy atom. The van der Waals surface area contributed by atoms with Crippen molar-refractivity contribution in [2.45, 2.75) is 39.0 Å². The molecule has 21 heavy (non-hydrogen) atoms. The van der Waals surface area contributed by atoms with E-state index in [1.165, 1.54) is 5.56 Å². The Balaban J connectivity index is 2.09. The van der Waals surface area contributed by atoms with Crippen LogP contribution in [0.4, 0.5) is 0 Å². The maximum absolute atomic E-state index is 12.8. The first-order valence-corrected chi connectivity index (χ1v) is 7.48. The van der Waals surface area contributed by atoms with Crippen LogP contribution in [0.1, 0.15) is 37.8 Å². The van der Waals surface area contributed by atoms with E-state index in [2.05, 4.69) is 0 Å². The van der Waals surface area contributed by atoms with Crippen LogP contribution in [0.15, 0.2) is 24.3 Å². The van der Waals surface area contributed by atoms with Crippen molar-refractivity contribution in [3.63, 3.8) is 0 Å². The number of likely N-dealkylation sites (tertiary alicyclic amines) is 1. The fraction of sp³-hybridized carbons (Fsp3) is 0.529. The number of carbonyl (C=O) groups excluding carboxylic acids is 2. The molecular formula is C17H24N2O2. The highest BCUT2D eigenvalue weighted by Crippen LogP contribution is 2.28. The maximum atomic E-state index is 12.8. The standard InChI is InChI=1S/C17H24N2O2/c1-12-4-6-14(7-5-12)17(2,3)16(21)19-10-8-13(9-11-19)15(18)20/h4-7,13H,8-11H2,1-3H3,(H2,18,20). The molecule has 2 rings (SSSR count). The van der Waals surface area contributed by atoms with Gasteiger partial charge in [-0.3, -0.25) is 9.59 Å². The SMILES string of the molecule is Cc1ccc(C(C)(C)C(=O)N2CCC(C(N)=O)CC2)cc1. The summed E-state index contributed by atoms with van der Waals surface area (Å²) in [5.74, 6) is -0.217. The molecule has 0 saturated carbocycles. The third-order valence-corrected chi connectivity index (χ3v) is 4.49. The lowest BCUT2D eigenvalue weighted by molar-refractivity contribution is -0.139. The van der Waals surface area contributed by atoms with Crippen LogP contribution in [0.2, 0.25) is 0 Å². The molecule has 1 aliphatic heterocycles. The van der Waals surface area contributed by atoms with E-state index in [0.29, 0.717) is 25.9 Å². The average Bonchev–Trinajstić information content (AvgIpc) is 2.47. The summed E-state index contributed by atoms with van der Waals surface area (Å²) in [6.45, 7) is 7.18. The van der Waals surface area contributed by atoms with E-state index in [9.17, 15) is 9.59 Å². The number of amides is 2. The Labute approximate surface area is 126 Å². The summed E-state index contributed by atoms with van der Waals surface area (Å²) in [5.41, 5.74) is 7.00. The number of hydrogen-bond donors (Lipinski definition) is 1. The third-order valence-electron chi connectivity index (χ3n) is 4.49. The minimum absolute atomic E-state index is 0.0865. The summed E-state index contributed by atoms with van der Waals surface area (Å²) in [6, 6.07) is 8.10. The summed E-state index contributed by atoms with van der Waals surface area (Å²) < 4.78 is 0. The van der Waals surface area contributed by atoms with Crippen molar-refractivity contribution < 1.29 is 9.59 Å². The molecule has 0 spiro atoms. The van der Waals surface area contributed by atoms with E-state index in [4.69, 9.17) is 5.73 Å². The van der Waals surface area contributed by atoms with E-state index in [-0.39, 0.29) is 17.7 Å². The van der Waals surface area contributed by atoms with Gasteiger partial charge in [0, 0.05) is 19.0 Å². The highest BCUT2D eigenvalue weighted by molar-refractivity contribution is 5.87. The minimum atomic E-state index is -0.548. The number of rotatable bonds is 3. The molecule has 2 amide bonds. The van der Waals surface area contributed by atoms with E-state index in [1.807, 2.05) is 49.9 Å².